The van der Waals surface area contributed by atoms with Crippen LogP contribution >= 0.6 is 23.5 Å². The number of fused-ring (bicyclic) bond motifs is 4. The first-order valence-corrected chi connectivity index (χ1v) is 21.0. The fraction of sp³-hybridized carbons (Fsp3) is 0.512. The number of thioether (sulfide) groups is 2. The Morgan fingerprint density at radius 3 is 0.984 bits per heavy atom. The van der Waals surface area contributed by atoms with Crippen molar-refractivity contribution in [3.8, 4) is 0 Å². The molecular formula is C41H30F18O2S2. The molecule has 0 amide bonds. The molecule has 0 spiro atoms. The molecule has 344 valence electrons. The van der Waals surface area contributed by atoms with Gasteiger partial charge >= 0.3 is 42.5 Å². The molecule has 2 nitrogen and oxygen atoms in total. The SMILES string of the molecule is FC(F)(F)c1cc(C2=CC3=C4C(=C5C=C(c6cc(C(F)(F)F)cc(C(F)(F)F)c6)SC5(OC5CCCCC5)C3(OC3CCCCC3)S2)C(F)(F)C(F)(F)C4(F)F)cc(C(F)(F)F)c1. The summed E-state index contributed by atoms with van der Waals surface area (Å²) >= 11 is 0.206. The molecule has 8 rings (SSSR count). The van der Waals surface area contributed by atoms with Crippen LogP contribution in [0.15, 0.2) is 70.8 Å². The highest BCUT2D eigenvalue weighted by atomic mass is 32.2. The molecule has 3 saturated carbocycles. The highest BCUT2D eigenvalue weighted by Gasteiger charge is 2.86. The summed E-state index contributed by atoms with van der Waals surface area (Å²) in [5.74, 6) is -18.1. The first-order valence-electron chi connectivity index (χ1n) is 19.3. The Balaban J connectivity index is 1.48. The first-order chi connectivity index (χ1) is 28.9. The molecule has 63 heavy (non-hydrogen) atoms. The van der Waals surface area contributed by atoms with Gasteiger partial charge in [-0.05, 0) is 85.4 Å². The van der Waals surface area contributed by atoms with Gasteiger partial charge in [-0.1, -0.05) is 62.0 Å². The van der Waals surface area contributed by atoms with Gasteiger partial charge in [0.15, 0.2) is 9.87 Å². The fourth-order valence-electron chi connectivity index (χ4n) is 8.97. The number of allylic oxidation sites excluding steroid dienone is 2. The summed E-state index contributed by atoms with van der Waals surface area (Å²) in [6.07, 6.45) is -20.3. The Hall–Kier alpha value is -3.24. The fourth-order valence-corrected chi connectivity index (χ4v) is 12.2. The average Bonchev–Trinajstić information content (AvgIpc) is 3.79. The normalized spacial score (nSPS) is 27.7. The topological polar surface area (TPSA) is 18.5 Å². The van der Waals surface area contributed by atoms with Crippen LogP contribution in [0.3, 0.4) is 0 Å². The number of ether oxygens (including phenoxy) is 2. The molecule has 2 heterocycles. The number of benzene rings is 2. The molecule has 2 aromatic carbocycles. The largest absolute Gasteiger partial charge is 0.416 e. The van der Waals surface area contributed by atoms with Crippen LogP contribution < -0.4 is 0 Å². The van der Waals surface area contributed by atoms with Crippen LogP contribution in [0.1, 0.15) is 97.6 Å². The smallest absolute Gasteiger partial charge is 0.352 e. The Labute approximate surface area is 354 Å². The van der Waals surface area contributed by atoms with Crippen molar-refractivity contribution in [3.05, 3.63) is 104 Å². The lowest BCUT2D eigenvalue weighted by Gasteiger charge is -2.52. The summed E-state index contributed by atoms with van der Waals surface area (Å²) in [7, 11) is 0. The molecule has 0 N–H and O–H groups in total. The third kappa shape index (κ3) is 7.42. The van der Waals surface area contributed by atoms with Crippen molar-refractivity contribution in [1.82, 2.24) is 0 Å². The molecule has 0 radical (unpaired) electrons. The summed E-state index contributed by atoms with van der Waals surface area (Å²) in [5, 5.41) is 0. The van der Waals surface area contributed by atoms with Crippen LogP contribution in [0.2, 0.25) is 0 Å². The van der Waals surface area contributed by atoms with E-state index in [1.807, 2.05) is 0 Å². The zero-order valence-electron chi connectivity index (χ0n) is 31.8. The maximum atomic E-state index is 16.5. The molecule has 4 aliphatic carbocycles. The minimum absolute atomic E-state index is 0.0731. The minimum atomic E-state index is -6.32. The molecule has 2 atom stereocenters. The van der Waals surface area contributed by atoms with Crippen molar-refractivity contribution in [3.63, 3.8) is 0 Å². The number of rotatable bonds is 6. The zero-order valence-corrected chi connectivity index (χ0v) is 33.4. The van der Waals surface area contributed by atoms with E-state index in [-0.39, 0.29) is 85.6 Å². The molecule has 0 saturated heterocycles. The van der Waals surface area contributed by atoms with Gasteiger partial charge in [0, 0.05) is 32.1 Å². The highest BCUT2D eigenvalue weighted by Crippen LogP contribution is 2.77. The van der Waals surface area contributed by atoms with Gasteiger partial charge in [0.2, 0.25) is 0 Å². The van der Waals surface area contributed by atoms with Crippen molar-refractivity contribution in [2.45, 2.75) is 129 Å². The van der Waals surface area contributed by atoms with E-state index in [0.29, 0.717) is 50.7 Å². The Morgan fingerprint density at radius 1 is 0.429 bits per heavy atom. The lowest BCUT2D eigenvalue weighted by atomic mass is 9.79. The summed E-state index contributed by atoms with van der Waals surface area (Å²) in [4.78, 5) is -7.47. The molecule has 22 heteroatoms. The van der Waals surface area contributed by atoms with E-state index in [4.69, 9.17) is 9.47 Å². The van der Waals surface area contributed by atoms with Crippen molar-refractivity contribution >= 4 is 33.3 Å². The van der Waals surface area contributed by atoms with Gasteiger partial charge in [0.1, 0.15) is 0 Å². The lowest BCUT2D eigenvalue weighted by molar-refractivity contribution is -0.258. The van der Waals surface area contributed by atoms with Crippen LogP contribution in [0.5, 0.6) is 0 Å². The maximum absolute atomic E-state index is 16.5. The zero-order chi connectivity index (χ0) is 46.1. The Morgan fingerprint density at radius 2 is 0.714 bits per heavy atom. The van der Waals surface area contributed by atoms with Gasteiger partial charge in [0.25, 0.3) is 0 Å². The third-order valence-electron chi connectivity index (χ3n) is 11.9. The predicted octanol–water partition coefficient (Wildman–Crippen LogP) is 15.3. The van der Waals surface area contributed by atoms with E-state index in [2.05, 4.69) is 0 Å². The monoisotopic (exact) mass is 960 g/mol. The van der Waals surface area contributed by atoms with E-state index in [1.54, 1.807) is 0 Å². The molecular weight excluding hydrogens is 931 g/mol. The van der Waals surface area contributed by atoms with Crippen molar-refractivity contribution in [2.24, 2.45) is 0 Å². The van der Waals surface area contributed by atoms with Gasteiger partial charge < -0.3 is 9.47 Å². The van der Waals surface area contributed by atoms with Crippen LogP contribution in [0, 0.1) is 0 Å². The summed E-state index contributed by atoms with van der Waals surface area (Å²) in [5.41, 5.74) is -16.3. The van der Waals surface area contributed by atoms with Gasteiger partial charge in [-0.2, -0.15) is 79.0 Å². The van der Waals surface area contributed by atoms with Crippen LogP contribution in [-0.2, 0) is 34.2 Å². The molecule has 0 bridgehead atoms. The van der Waals surface area contributed by atoms with E-state index < -0.39 is 130 Å². The molecule has 6 aliphatic rings. The summed E-state index contributed by atoms with van der Waals surface area (Å²) in [6, 6.07) is 0.264. The van der Waals surface area contributed by atoms with Crippen molar-refractivity contribution < 1.29 is 88.5 Å². The van der Waals surface area contributed by atoms with Crippen LogP contribution in [0.25, 0.3) is 9.81 Å². The number of hydrogen-bond acceptors (Lipinski definition) is 4. The summed E-state index contributed by atoms with van der Waals surface area (Å²) < 4.78 is 281. The molecule has 2 aromatic rings. The average molecular weight is 961 g/mol. The van der Waals surface area contributed by atoms with Gasteiger partial charge in [-0.3, -0.25) is 0 Å². The van der Waals surface area contributed by atoms with Gasteiger partial charge in [-0.15, -0.1) is 0 Å². The molecule has 0 aromatic heterocycles. The highest BCUT2D eigenvalue weighted by molar-refractivity contribution is 8.14. The summed E-state index contributed by atoms with van der Waals surface area (Å²) in [6.45, 7) is 0. The minimum Gasteiger partial charge on any atom is -0.352 e. The van der Waals surface area contributed by atoms with Gasteiger partial charge in [-0.25, -0.2) is 0 Å². The van der Waals surface area contributed by atoms with E-state index in [1.165, 1.54) is 0 Å². The van der Waals surface area contributed by atoms with Crippen molar-refractivity contribution in [1.29, 1.82) is 0 Å². The first kappa shape index (κ1) is 46.3. The van der Waals surface area contributed by atoms with E-state index >= 15 is 26.3 Å². The second-order valence-electron chi connectivity index (χ2n) is 16.1. The molecule has 3 fully saturated rings. The van der Waals surface area contributed by atoms with Gasteiger partial charge in [0.05, 0.1) is 34.5 Å². The second-order valence-corrected chi connectivity index (χ2v) is 18.5. The predicted molar refractivity (Wildman–Crippen MR) is 194 cm³/mol. The van der Waals surface area contributed by atoms with E-state index in [9.17, 15) is 52.7 Å². The standard InChI is InChI=1S/C41H30F18O2S2/c42-33(43)31-27-17-29(19-11-21(37(46,47)48)15-22(12-19)38(49,50)51)62-35(27,60-25-7-3-1-4-8-25)36(61-26-9-5-2-6-10-26)28(32(31)34(44,45)41(33,58)59)18-30(63-36)20-13-23(39(52,53)54)16-24(14-20)40(55,56)57/h11-18,25-26H,1-10H2. The van der Waals surface area contributed by atoms with Crippen LogP contribution in [0.4, 0.5) is 79.0 Å². The number of hydrogen-bond donors (Lipinski definition) is 0. The lowest BCUT2D eigenvalue weighted by Crippen LogP contribution is -2.59. The number of halogens is 18. The quantitative estimate of drug-likeness (QED) is 0.269. The molecule has 2 aliphatic heterocycles. The van der Waals surface area contributed by atoms with Crippen LogP contribution in [-0.4, -0.2) is 39.8 Å². The third-order valence-corrected chi connectivity index (χ3v) is 15.0. The Bertz CT molecular complexity index is 2100. The maximum Gasteiger partial charge on any atom is 0.416 e. The van der Waals surface area contributed by atoms with E-state index in [0.717, 1.165) is 0 Å². The molecule has 2 unspecified atom stereocenters. The Kier molecular flexibility index (Phi) is 10.9. The second kappa shape index (κ2) is 14.9. The van der Waals surface area contributed by atoms with Crippen molar-refractivity contribution in [2.75, 3.05) is 0 Å². The number of alkyl halides is 18.